The summed E-state index contributed by atoms with van der Waals surface area (Å²) in [6.45, 7) is 0. The van der Waals surface area contributed by atoms with Crippen LogP contribution >= 0.6 is 0 Å². The van der Waals surface area contributed by atoms with Gasteiger partial charge in [-0.1, -0.05) is 0 Å². The van der Waals surface area contributed by atoms with E-state index >= 15 is 0 Å². The van der Waals surface area contributed by atoms with E-state index in [1.807, 2.05) is 0 Å². The van der Waals surface area contributed by atoms with Gasteiger partial charge >= 0.3 is 75.8 Å². The summed E-state index contributed by atoms with van der Waals surface area (Å²) in [5, 5.41) is 0. The topological polar surface area (TPSA) is 91.5 Å². The van der Waals surface area contributed by atoms with Gasteiger partial charge in [0, 0.05) is 0 Å². The second kappa shape index (κ2) is 84.3. The molecule has 0 spiro atoms. The van der Waals surface area contributed by atoms with Crippen LogP contribution in [0.1, 0.15) is 0 Å². The average molecular weight is 265 g/mol. The van der Waals surface area contributed by atoms with E-state index in [1.54, 1.807) is 0 Å². The monoisotopic (exact) mass is 261 g/mol. The van der Waals surface area contributed by atoms with E-state index in [-0.39, 0.29) is 94.2 Å². The van der Waals surface area contributed by atoms with Crippen molar-refractivity contribution in [2.75, 3.05) is 0 Å². The van der Waals surface area contributed by atoms with Crippen molar-refractivity contribution in [3.05, 3.63) is 18.5 Å². The fraction of sp³-hybridized carbons (Fsp3) is 0. The molecule has 0 saturated carbocycles. The van der Waals surface area contributed by atoms with E-state index in [0.717, 1.165) is 0 Å². The molecule has 24 valence electrons. The molecule has 0 fully saturated rings. The first-order valence-electron chi connectivity index (χ1n) is 0. The summed E-state index contributed by atoms with van der Waals surface area (Å²) >= 11 is 0. The van der Waals surface area contributed by atoms with Gasteiger partial charge in [0.05, 0.1) is 0 Å². The van der Waals surface area contributed by atoms with Gasteiger partial charge in [0.15, 0.2) is 0 Å². The minimum Gasteiger partial charge on any atom is -3.00 e. The average Bonchev–Trinajstić information content (AvgIpc) is 0. The second-order valence-electron chi connectivity index (χ2n) is 0. The molecule has 0 aliphatic carbocycles. The largest absolute Gasteiger partial charge is 3.00 e. The summed E-state index contributed by atoms with van der Waals surface area (Å²) in [4.78, 5) is 0. The molecule has 0 aliphatic heterocycles. The van der Waals surface area contributed by atoms with Crippen molar-refractivity contribution in [2.24, 2.45) is 0 Å². The van der Waals surface area contributed by atoms with Gasteiger partial charge in [0.2, 0.25) is 0 Å². The maximum atomic E-state index is 0. The Morgan fingerprint density at radius 2 is 0.429 bits per heavy atom. The van der Waals surface area contributed by atoms with Gasteiger partial charge < -0.3 is 18.5 Å². The fourth-order valence-electron chi connectivity index (χ4n) is 0. The Labute approximate surface area is 93.3 Å². The van der Waals surface area contributed by atoms with Crippen molar-refractivity contribution in [3.8, 4) is 0 Å². The molecule has 0 aliphatic rings. The first-order chi connectivity index (χ1) is 0. The zero-order valence-corrected chi connectivity index (χ0v) is 14.1. The van der Waals surface area contributed by atoms with Crippen molar-refractivity contribution in [1.82, 2.24) is 0 Å². The predicted molar refractivity (Wildman–Crippen MR) is 15.8 cm³/mol. The number of nitrogens with zero attached hydrogens (tertiary/aromatic N) is 3. The summed E-state index contributed by atoms with van der Waals surface area (Å²) in [5.41, 5.74) is 0. The van der Waals surface area contributed by atoms with E-state index in [1.165, 1.54) is 0 Å². The molecule has 0 atom stereocenters. The Hall–Kier alpha value is 2.28. The molecule has 0 amide bonds. The van der Waals surface area contributed by atoms with E-state index in [2.05, 4.69) is 0 Å². The minimum absolute atomic E-state index is 0. The third-order valence-corrected chi connectivity index (χ3v) is 0. The first-order valence-corrected chi connectivity index (χ1v) is 0. The van der Waals surface area contributed by atoms with Crippen molar-refractivity contribution < 1.29 is 58.4 Å². The van der Waals surface area contributed by atoms with Crippen molar-refractivity contribution >= 4 is 17.4 Å². The van der Waals surface area contributed by atoms with Gasteiger partial charge in [0.1, 0.15) is 0 Å². The Morgan fingerprint density at radius 1 is 0.429 bits per heavy atom. The van der Waals surface area contributed by atoms with Gasteiger partial charge in [0.25, 0.3) is 0 Å². The van der Waals surface area contributed by atoms with Gasteiger partial charge in [-0.2, -0.15) is 0 Å². The zero-order chi connectivity index (χ0) is 0. The maximum Gasteiger partial charge on any atom is 3.00 e. The van der Waals surface area contributed by atoms with Gasteiger partial charge in [-0.05, 0) is 0 Å². The molecule has 0 radical (unpaired) electrons. The molecule has 7 heteroatoms. The molecule has 0 saturated heterocycles. The third kappa shape index (κ3) is 62.7. The first kappa shape index (κ1) is 122. The van der Waals surface area contributed by atoms with E-state index in [0.29, 0.717) is 0 Å². The number of hydrogen-bond acceptors (Lipinski definition) is 0. The molecular formula is AlN3Zn3. The SMILES string of the molecule is [Al+3].[N-3].[N-3].[N-3].[Zn+2].[Zn+2].[Zn+2]. The quantitative estimate of drug-likeness (QED) is 0.570. The molecule has 0 aromatic carbocycles. The maximum absolute atomic E-state index is 0. The Balaban J connectivity index is 0. The van der Waals surface area contributed by atoms with Crippen molar-refractivity contribution in [3.63, 3.8) is 0 Å². The molecule has 7 heavy (non-hydrogen) atoms. The van der Waals surface area contributed by atoms with Crippen LogP contribution in [0.15, 0.2) is 0 Å². The van der Waals surface area contributed by atoms with Crippen LogP contribution in [0.4, 0.5) is 0 Å². The standard InChI is InChI=1S/Al.3N.3Zn/q+3;3*-3;3*+2. The van der Waals surface area contributed by atoms with E-state index in [4.69, 9.17) is 0 Å². The third-order valence-electron chi connectivity index (χ3n) is 0. The molecule has 3 nitrogen and oxygen atoms in total. The Kier molecular flexibility index (Phi) is 1470. The van der Waals surface area contributed by atoms with E-state index in [9.17, 15) is 0 Å². The zero-order valence-electron chi connectivity index (χ0n) is 4.04. The minimum atomic E-state index is 0. The van der Waals surface area contributed by atoms with Crippen LogP contribution in [-0.4, -0.2) is 17.4 Å². The summed E-state index contributed by atoms with van der Waals surface area (Å²) < 4.78 is 0. The summed E-state index contributed by atoms with van der Waals surface area (Å²) in [6.07, 6.45) is 0. The van der Waals surface area contributed by atoms with Crippen molar-refractivity contribution in [1.29, 1.82) is 0 Å². The molecule has 0 N–H and O–H groups in total. The Morgan fingerprint density at radius 3 is 0.429 bits per heavy atom. The predicted octanol–water partition coefficient (Wildman–Crippen LogP) is 0.478. The molecular weight excluding hydrogens is 265 g/mol. The smallest absolute Gasteiger partial charge is 3.00 e. The van der Waals surface area contributed by atoms with Crippen LogP contribution < -0.4 is 0 Å². The number of rotatable bonds is 0. The molecule has 0 bridgehead atoms. The van der Waals surface area contributed by atoms with Crippen LogP contribution in [0.5, 0.6) is 0 Å². The van der Waals surface area contributed by atoms with Crippen LogP contribution in [0.2, 0.25) is 0 Å². The normalized spacial score (nSPS) is 0. The van der Waals surface area contributed by atoms with Crippen LogP contribution in [-0.2, 0) is 58.4 Å². The second-order valence-corrected chi connectivity index (χ2v) is 0. The van der Waals surface area contributed by atoms with Crippen LogP contribution in [0.25, 0.3) is 18.5 Å². The number of hydrogen-bond donors (Lipinski definition) is 0. The molecule has 0 aromatic rings. The molecule has 0 aromatic heterocycles. The van der Waals surface area contributed by atoms with Gasteiger partial charge in [-0.25, -0.2) is 0 Å². The fourth-order valence-corrected chi connectivity index (χ4v) is 0. The van der Waals surface area contributed by atoms with E-state index < -0.39 is 0 Å². The summed E-state index contributed by atoms with van der Waals surface area (Å²) in [5.74, 6) is 0. The molecule has 0 heterocycles. The van der Waals surface area contributed by atoms with Gasteiger partial charge in [-0.15, -0.1) is 0 Å². The van der Waals surface area contributed by atoms with Gasteiger partial charge in [-0.3, -0.25) is 0 Å². The molecule has 0 rings (SSSR count). The van der Waals surface area contributed by atoms with Crippen LogP contribution in [0, 0.1) is 0 Å². The molecule has 0 unspecified atom stereocenters. The summed E-state index contributed by atoms with van der Waals surface area (Å²) in [6, 6.07) is 0. The Bertz CT molecular complexity index is 10.1. The van der Waals surface area contributed by atoms with Crippen LogP contribution in [0.3, 0.4) is 0 Å². The summed E-state index contributed by atoms with van der Waals surface area (Å²) in [7, 11) is 0. The van der Waals surface area contributed by atoms with Crippen molar-refractivity contribution in [2.45, 2.75) is 0 Å².